The third kappa shape index (κ3) is 1.73. The number of hydrogen-bond donors (Lipinski definition) is 5. The second-order valence-electron chi connectivity index (χ2n) is 2.72. The van der Waals surface area contributed by atoms with E-state index in [0.717, 1.165) is 0 Å². The van der Waals surface area contributed by atoms with Crippen LogP contribution in [0.4, 0.5) is 0 Å². The van der Waals surface area contributed by atoms with E-state index < -0.39 is 29.9 Å². The summed E-state index contributed by atoms with van der Waals surface area (Å²) >= 11 is 3.91. The zero-order valence-corrected chi connectivity index (χ0v) is 7.13. The number of aliphatic hydroxyl groups is 4. The van der Waals surface area contributed by atoms with Gasteiger partial charge in [-0.25, -0.2) is 0 Å². The Hall–Kier alpha value is 0.150. The average molecular weight is 196 g/mol. The molecular formula is C6H12O5S. The van der Waals surface area contributed by atoms with Gasteiger partial charge in [0.2, 0.25) is 0 Å². The second-order valence-corrected chi connectivity index (χ2v) is 3.39. The highest BCUT2D eigenvalue weighted by atomic mass is 32.1. The van der Waals surface area contributed by atoms with Crippen LogP contribution < -0.4 is 0 Å². The van der Waals surface area contributed by atoms with Crippen LogP contribution in [-0.4, -0.2) is 56.9 Å². The summed E-state index contributed by atoms with van der Waals surface area (Å²) in [6.45, 7) is -0.287. The van der Waals surface area contributed by atoms with Gasteiger partial charge in [0.05, 0.1) is 11.9 Å². The fourth-order valence-electron chi connectivity index (χ4n) is 1.11. The van der Waals surface area contributed by atoms with Gasteiger partial charge in [-0.1, -0.05) is 0 Å². The van der Waals surface area contributed by atoms with Crippen molar-refractivity contribution < 1.29 is 25.2 Å². The Morgan fingerprint density at radius 3 is 2.17 bits per heavy atom. The highest BCUT2D eigenvalue weighted by Gasteiger charge is 2.44. The van der Waals surface area contributed by atoms with Gasteiger partial charge >= 0.3 is 0 Å². The number of hydrogen-bond acceptors (Lipinski definition) is 6. The SMILES string of the molecule is OC[C@@H](S)[C@H]1O[C@@H](O)[C@H](O)[C@H]1O. The molecule has 1 fully saturated rings. The molecule has 6 heteroatoms. The van der Waals surface area contributed by atoms with Crippen molar-refractivity contribution in [2.75, 3.05) is 6.61 Å². The molecule has 0 unspecified atom stereocenters. The van der Waals surface area contributed by atoms with E-state index in [-0.39, 0.29) is 6.61 Å². The summed E-state index contributed by atoms with van der Waals surface area (Å²) in [7, 11) is 0. The van der Waals surface area contributed by atoms with Crippen LogP contribution in [0.15, 0.2) is 0 Å². The molecule has 0 aromatic carbocycles. The number of rotatable bonds is 2. The molecule has 0 aromatic heterocycles. The van der Waals surface area contributed by atoms with Crippen molar-refractivity contribution in [2.45, 2.75) is 29.9 Å². The molecule has 1 saturated heterocycles. The van der Waals surface area contributed by atoms with Crippen LogP contribution in [0.25, 0.3) is 0 Å². The molecule has 0 amide bonds. The summed E-state index contributed by atoms with van der Waals surface area (Å²) < 4.78 is 4.76. The van der Waals surface area contributed by atoms with Gasteiger partial charge in [-0.15, -0.1) is 0 Å². The fourth-order valence-corrected chi connectivity index (χ4v) is 1.35. The van der Waals surface area contributed by atoms with Crippen LogP contribution in [0.5, 0.6) is 0 Å². The lowest BCUT2D eigenvalue weighted by atomic mass is 10.1. The van der Waals surface area contributed by atoms with Gasteiger partial charge < -0.3 is 25.2 Å². The average Bonchev–Trinajstić information content (AvgIpc) is 2.32. The normalized spacial score (nSPS) is 44.8. The lowest BCUT2D eigenvalue weighted by Gasteiger charge is -2.18. The maximum absolute atomic E-state index is 9.23. The molecule has 0 spiro atoms. The first-order valence-corrected chi connectivity index (χ1v) is 4.08. The van der Waals surface area contributed by atoms with Gasteiger partial charge in [0.1, 0.15) is 18.3 Å². The second kappa shape index (κ2) is 3.91. The Morgan fingerprint density at radius 2 is 1.83 bits per heavy atom. The molecule has 5 nitrogen and oxygen atoms in total. The number of ether oxygens (including phenoxy) is 1. The number of aliphatic hydroxyl groups excluding tert-OH is 4. The zero-order valence-electron chi connectivity index (χ0n) is 6.24. The maximum atomic E-state index is 9.23. The lowest BCUT2D eigenvalue weighted by molar-refractivity contribution is -0.127. The minimum Gasteiger partial charge on any atom is -0.395 e. The summed E-state index contributed by atoms with van der Waals surface area (Å²) in [4.78, 5) is 0. The molecule has 0 saturated carbocycles. The highest BCUT2D eigenvalue weighted by Crippen LogP contribution is 2.24. The Labute approximate surface area is 75.0 Å². The van der Waals surface area contributed by atoms with Gasteiger partial charge in [-0.05, 0) is 0 Å². The van der Waals surface area contributed by atoms with Crippen molar-refractivity contribution >= 4 is 12.6 Å². The molecule has 0 bridgehead atoms. The van der Waals surface area contributed by atoms with Gasteiger partial charge in [-0.2, -0.15) is 12.6 Å². The van der Waals surface area contributed by atoms with E-state index in [1.54, 1.807) is 0 Å². The Morgan fingerprint density at radius 1 is 1.25 bits per heavy atom. The molecule has 0 aliphatic carbocycles. The van der Waals surface area contributed by atoms with Crippen molar-refractivity contribution in [3.8, 4) is 0 Å². The Bertz CT molecular complexity index is 155. The Kier molecular flexibility index (Phi) is 3.33. The molecule has 1 rings (SSSR count). The predicted molar refractivity (Wildman–Crippen MR) is 42.8 cm³/mol. The molecule has 4 N–H and O–H groups in total. The highest BCUT2D eigenvalue weighted by molar-refractivity contribution is 7.81. The molecule has 0 aromatic rings. The predicted octanol–water partition coefficient (Wildman–Crippen LogP) is -2.28. The topological polar surface area (TPSA) is 90.2 Å². The molecule has 72 valence electrons. The summed E-state index contributed by atoms with van der Waals surface area (Å²) in [5.41, 5.74) is 0. The smallest absolute Gasteiger partial charge is 0.184 e. The largest absolute Gasteiger partial charge is 0.395 e. The third-order valence-electron chi connectivity index (χ3n) is 1.84. The Balaban J connectivity index is 2.58. The van der Waals surface area contributed by atoms with Crippen LogP contribution in [0, 0.1) is 0 Å². The van der Waals surface area contributed by atoms with Gasteiger partial charge in [0.15, 0.2) is 6.29 Å². The van der Waals surface area contributed by atoms with E-state index in [9.17, 15) is 5.11 Å². The minimum absolute atomic E-state index is 0.287. The summed E-state index contributed by atoms with van der Waals surface area (Å²) in [6.07, 6.45) is -4.75. The standard InChI is InChI=1S/C6H12O5S/c7-1-2(12)5-3(8)4(9)6(10)11-5/h2-10,12H,1H2/t2-,3-,4-,5-,6-/m1/s1. The van der Waals surface area contributed by atoms with Crippen molar-refractivity contribution in [1.82, 2.24) is 0 Å². The van der Waals surface area contributed by atoms with Crippen LogP contribution >= 0.6 is 12.6 Å². The van der Waals surface area contributed by atoms with Gasteiger partial charge in [0, 0.05) is 0 Å². The first-order valence-electron chi connectivity index (χ1n) is 3.56. The molecule has 5 atom stereocenters. The third-order valence-corrected chi connectivity index (χ3v) is 2.30. The number of thiol groups is 1. The zero-order chi connectivity index (χ0) is 9.30. The fraction of sp³-hybridized carbons (Fsp3) is 1.00. The van der Waals surface area contributed by atoms with E-state index >= 15 is 0 Å². The van der Waals surface area contributed by atoms with Crippen LogP contribution in [-0.2, 0) is 4.74 Å². The van der Waals surface area contributed by atoms with E-state index in [1.165, 1.54) is 0 Å². The van der Waals surface area contributed by atoms with Crippen LogP contribution in [0.3, 0.4) is 0 Å². The lowest BCUT2D eigenvalue weighted by Crippen LogP contribution is -2.38. The first-order chi connectivity index (χ1) is 5.57. The van der Waals surface area contributed by atoms with E-state index in [2.05, 4.69) is 12.6 Å². The summed E-state index contributed by atoms with van der Waals surface area (Å²) in [5.74, 6) is 0. The van der Waals surface area contributed by atoms with E-state index in [4.69, 9.17) is 20.1 Å². The van der Waals surface area contributed by atoms with Crippen molar-refractivity contribution in [3.05, 3.63) is 0 Å². The summed E-state index contributed by atoms with van der Waals surface area (Å²) in [5, 5.41) is 35.3. The van der Waals surface area contributed by atoms with Crippen molar-refractivity contribution in [3.63, 3.8) is 0 Å². The molecule has 1 aliphatic rings. The molecule has 12 heavy (non-hydrogen) atoms. The monoisotopic (exact) mass is 196 g/mol. The first kappa shape index (κ1) is 10.2. The summed E-state index contributed by atoms with van der Waals surface area (Å²) in [6, 6.07) is 0. The van der Waals surface area contributed by atoms with Crippen LogP contribution in [0.2, 0.25) is 0 Å². The van der Waals surface area contributed by atoms with Crippen molar-refractivity contribution in [2.24, 2.45) is 0 Å². The van der Waals surface area contributed by atoms with E-state index in [1.807, 2.05) is 0 Å². The molecular weight excluding hydrogens is 184 g/mol. The van der Waals surface area contributed by atoms with Crippen molar-refractivity contribution in [1.29, 1.82) is 0 Å². The van der Waals surface area contributed by atoms with Crippen LogP contribution in [0.1, 0.15) is 0 Å². The molecule has 1 aliphatic heterocycles. The molecule has 0 radical (unpaired) electrons. The molecule has 1 heterocycles. The quantitative estimate of drug-likeness (QED) is 0.321. The van der Waals surface area contributed by atoms with Gasteiger partial charge in [0.25, 0.3) is 0 Å². The van der Waals surface area contributed by atoms with E-state index in [0.29, 0.717) is 0 Å². The maximum Gasteiger partial charge on any atom is 0.184 e. The minimum atomic E-state index is -1.40. The van der Waals surface area contributed by atoms with Gasteiger partial charge in [-0.3, -0.25) is 0 Å².